The van der Waals surface area contributed by atoms with Crippen molar-refractivity contribution in [3.8, 4) is 28.4 Å². The second kappa shape index (κ2) is 9.30. The minimum atomic E-state index is -4.57. The number of hydrogen-bond acceptors (Lipinski definition) is 5. The Morgan fingerprint density at radius 3 is 2.57 bits per heavy atom. The molecule has 0 aliphatic carbocycles. The number of methoxy groups -OCH3 is 1. The van der Waals surface area contributed by atoms with Crippen molar-refractivity contribution in [2.75, 3.05) is 7.11 Å². The first kappa shape index (κ1) is 24.4. The summed E-state index contributed by atoms with van der Waals surface area (Å²) in [7, 11) is 1.31. The molecule has 0 saturated heterocycles. The Morgan fingerprint density at radius 2 is 1.84 bits per heavy atom. The summed E-state index contributed by atoms with van der Waals surface area (Å²) < 4.78 is 73.7. The third kappa shape index (κ3) is 4.76. The number of fused-ring (bicyclic) bond motifs is 1. The van der Waals surface area contributed by atoms with Crippen LogP contribution in [0.4, 0.5) is 22.0 Å². The predicted molar refractivity (Wildman–Crippen MR) is 127 cm³/mol. The minimum Gasteiger partial charge on any atom is -0.497 e. The largest absolute Gasteiger partial charge is 0.497 e. The van der Waals surface area contributed by atoms with Crippen LogP contribution in [0, 0.1) is 18.6 Å². The van der Waals surface area contributed by atoms with E-state index in [1.807, 2.05) is 0 Å². The van der Waals surface area contributed by atoms with Gasteiger partial charge in [-0.05, 0) is 48.9 Å². The van der Waals surface area contributed by atoms with Crippen molar-refractivity contribution in [1.29, 1.82) is 0 Å². The molecule has 0 bridgehead atoms. The number of hydrogen-bond donors (Lipinski definition) is 1. The van der Waals surface area contributed by atoms with Crippen molar-refractivity contribution in [3.05, 3.63) is 88.4 Å². The molecule has 190 valence electrons. The highest BCUT2D eigenvalue weighted by Crippen LogP contribution is 2.39. The Balaban J connectivity index is 1.37. The molecule has 1 N–H and O–H groups in total. The number of nitrogens with one attached hydrogen (secondary N) is 1. The highest BCUT2D eigenvalue weighted by molar-refractivity contribution is 5.80. The third-order valence-corrected chi connectivity index (χ3v) is 6.06. The van der Waals surface area contributed by atoms with Gasteiger partial charge in [0.05, 0.1) is 54.6 Å². The second-order valence-electron chi connectivity index (χ2n) is 8.46. The van der Waals surface area contributed by atoms with Crippen LogP contribution in [0.15, 0.2) is 53.6 Å². The number of pyridine rings is 1. The third-order valence-electron chi connectivity index (χ3n) is 6.06. The van der Waals surface area contributed by atoms with Gasteiger partial charge in [-0.15, -0.1) is 0 Å². The summed E-state index contributed by atoms with van der Waals surface area (Å²) in [6, 6.07) is 10.9. The number of rotatable bonds is 5. The number of halogens is 5. The Kier molecular flexibility index (Phi) is 6.14. The van der Waals surface area contributed by atoms with Gasteiger partial charge in [-0.1, -0.05) is 12.1 Å². The zero-order valence-electron chi connectivity index (χ0n) is 19.7. The molecule has 0 unspecified atom stereocenters. The van der Waals surface area contributed by atoms with Crippen LogP contribution in [0.25, 0.3) is 22.6 Å². The Labute approximate surface area is 208 Å². The molecule has 0 fully saturated rings. The second-order valence-corrected chi connectivity index (χ2v) is 8.46. The van der Waals surface area contributed by atoms with Gasteiger partial charge in [-0.3, -0.25) is 9.99 Å². The Hall–Kier alpha value is -4.28. The topological polar surface area (TPSA) is 66.4 Å². The maximum atomic E-state index is 14.2. The quantitative estimate of drug-likeness (QED) is 0.328. The number of imidazole rings is 1. The SMILES string of the molecule is COc1ccc(-c2ccc(CN3Cc4nc(-c5cccc(F)c5F)[nH]c4C=N3)c(C)n2)c(C(F)(F)F)c1. The van der Waals surface area contributed by atoms with Crippen molar-refractivity contribution >= 4 is 6.21 Å². The molecule has 1 aliphatic heterocycles. The zero-order chi connectivity index (χ0) is 26.3. The average molecular weight is 513 g/mol. The minimum absolute atomic E-state index is 0.0155. The van der Waals surface area contributed by atoms with Gasteiger partial charge in [0.15, 0.2) is 11.6 Å². The van der Waals surface area contributed by atoms with E-state index in [-0.39, 0.29) is 34.9 Å². The van der Waals surface area contributed by atoms with E-state index in [1.54, 1.807) is 18.0 Å². The first-order valence-corrected chi connectivity index (χ1v) is 11.2. The molecule has 0 saturated carbocycles. The van der Waals surface area contributed by atoms with Crippen LogP contribution in [0.2, 0.25) is 0 Å². The molecule has 37 heavy (non-hydrogen) atoms. The van der Waals surface area contributed by atoms with E-state index in [0.29, 0.717) is 23.6 Å². The molecule has 1 aliphatic rings. The lowest BCUT2D eigenvalue weighted by Gasteiger charge is -2.22. The van der Waals surface area contributed by atoms with E-state index < -0.39 is 23.4 Å². The number of hydrazone groups is 1. The molecule has 6 nitrogen and oxygen atoms in total. The van der Waals surface area contributed by atoms with E-state index in [9.17, 15) is 22.0 Å². The van der Waals surface area contributed by atoms with Crippen molar-refractivity contribution in [1.82, 2.24) is 20.0 Å². The first-order chi connectivity index (χ1) is 17.6. The summed E-state index contributed by atoms with van der Waals surface area (Å²) in [5.74, 6) is -1.66. The van der Waals surface area contributed by atoms with Gasteiger partial charge in [0.2, 0.25) is 0 Å². The summed E-state index contributed by atoms with van der Waals surface area (Å²) in [5, 5.41) is 6.08. The molecule has 4 aromatic rings. The van der Waals surface area contributed by atoms with E-state index in [2.05, 4.69) is 20.1 Å². The smallest absolute Gasteiger partial charge is 0.417 e. The van der Waals surface area contributed by atoms with E-state index in [1.165, 1.54) is 43.7 Å². The van der Waals surface area contributed by atoms with Crippen LogP contribution in [-0.2, 0) is 19.3 Å². The molecule has 0 spiro atoms. The summed E-state index contributed by atoms with van der Waals surface area (Å²) >= 11 is 0. The van der Waals surface area contributed by atoms with Crippen LogP contribution in [-0.4, -0.2) is 33.3 Å². The Morgan fingerprint density at radius 1 is 1.03 bits per heavy atom. The number of nitrogens with zero attached hydrogens (tertiary/aromatic N) is 4. The lowest BCUT2D eigenvalue weighted by atomic mass is 10.0. The zero-order valence-corrected chi connectivity index (χ0v) is 19.7. The van der Waals surface area contributed by atoms with Crippen molar-refractivity contribution in [2.45, 2.75) is 26.2 Å². The monoisotopic (exact) mass is 513 g/mol. The summed E-state index contributed by atoms with van der Waals surface area (Å²) in [5.41, 5.74) is 1.82. The molecule has 11 heteroatoms. The van der Waals surface area contributed by atoms with Gasteiger partial charge in [0, 0.05) is 11.3 Å². The highest BCUT2D eigenvalue weighted by atomic mass is 19.4. The van der Waals surface area contributed by atoms with Crippen LogP contribution in [0.1, 0.15) is 28.2 Å². The maximum absolute atomic E-state index is 14.2. The van der Waals surface area contributed by atoms with E-state index in [4.69, 9.17) is 4.74 Å². The standard InChI is InChI=1S/C26H20F5N5O/c1-14-15(6-9-21(33-14)17-8-7-16(37-2)10-19(17)26(29,30)31)12-36-13-23-22(11-32-36)34-25(35-23)18-4-3-5-20(27)24(18)28/h3-11H,12-13H2,1-2H3,(H,34,35). The van der Waals surface area contributed by atoms with Crippen molar-refractivity contribution < 1.29 is 26.7 Å². The van der Waals surface area contributed by atoms with Gasteiger partial charge in [0.25, 0.3) is 0 Å². The number of alkyl halides is 3. The Bertz CT molecular complexity index is 1510. The fourth-order valence-corrected chi connectivity index (χ4v) is 4.13. The molecule has 0 radical (unpaired) electrons. The van der Waals surface area contributed by atoms with Crippen LogP contribution in [0.5, 0.6) is 5.75 Å². The van der Waals surface area contributed by atoms with Crippen molar-refractivity contribution in [2.24, 2.45) is 5.10 Å². The highest BCUT2D eigenvalue weighted by Gasteiger charge is 2.34. The number of aromatic nitrogens is 3. The van der Waals surface area contributed by atoms with Gasteiger partial charge >= 0.3 is 6.18 Å². The van der Waals surface area contributed by atoms with Gasteiger partial charge in [0.1, 0.15) is 11.6 Å². The molecule has 2 aromatic heterocycles. The van der Waals surface area contributed by atoms with Crippen LogP contribution < -0.4 is 4.74 Å². The summed E-state index contributed by atoms with van der Waals surface area (Å²) in [6.45, 7) is 2.32. The van der Waals surface area contributed by atoms with Gasteiger partial charge in [-0.25, -0.2) is 13.8 Å². The first-order valence-electron chi connectivity index (χ1n) is 11.2. The summed E-state index contributed by atoms with van der Waals surface area (Å²) in [6.07, 6.45) is -3.04. The molecule has 0 atom stereocenters. The normalized spacial score (nSPS) is 13.1. The number of ether oxygens (including phenoxy) is 1. The number of benzene rings is 2. The fraction of sp³-hybridized carbons (Fsp3) is 0.192. The van der Waals surface area contributed by atoms with Gasteiger partial charge < -0.3 is 9.72 Å². The number of aryl methyl sites for hydroxylation is 1. The van der Waals surface area contributed by atoms with Crippen LogP contribution in [0.3, 0.4) is 0 Å². The van der Waals surface area contributed by atoms with Gasteiger partial charge in [-0.2, -0.15) is 18.3 Å². The van der Waals surface area contributed by atoms with Crippen molar-refractivity contribution in [3.63, 3.8) is 0 Å². The van der Waals surface area contributed by atoms with E-state index >= 15 is 0 Å². The number of aromatic amines is 1. The lowest BCUT2D eigenvalue weighted by Crippen LogP contribution is -2.22. The molecule has 3 heterocycles. The molecular weight excluding hydrogens is 493 g/mol. The molecule has 5 rings (SSSR count). The lowest BCUT2D eigenvalue weighted by molar-refractivity contribution is -0.137. The predicted octanol–water partition coefficient (Wildman–Crippen LogP) is 6.10. The number of H-pyrrole nitrogens is 1. The average Bonchev–Trinajstić information content (AvgIpc) is 3.29. The van der Waals surface area contributed by atoms with Crippen LogP contribution >= 0.6 is 0 Å². The van der Waals surface area contributed by atoms with E-state index in [0.717, 1.165) is 17.7 Å². The molecular formula is C26H20F5N5O. The molecule has 2 aromatic carbocycles. The maximum Gasteiger partial charge on any atom is 0.417 e. The summed E-state index contributed by atoms with van der Waals surface area (Å²) in [4.78, 5) is 11.8. The molecule has 0 amide bonds. The fourth-order valence-electron chi connectivity index (χ4n) is 4.13.